The van der Waals surface area contributed by atoms with Gasteiger partial charge in [-0.15, -0.1) is 0 Å². The van der Waals surface area contributed by atoms with Gasteiger partial charge in [-0.1, -0.05) is 0 Å². The summed E-state index contributed by atoms with van der Waals surface area (Å²) in [6.45, 7) is 0. The third-order valence-electron chi connectivity index (χ3n) is 0. The molecule has 0 aromatic rings. The molecule has 0 aromatic heterocycles. The molecular formula is H13CuO9S+. The average Bonchev–Trinajstić information content (AvgIpc) is 0.722. The first-order valence-corrected chi connectivity index (χ1v) is 2.10. The van der Waals surface area contributed by atoms with Gasteiger partial charge in [0.15, 0.2) is 0 Å². The molecule has 0 amide bonds. The molecule has 0 bridgehead atoms. The van der Waals surface area contributed by atoms with Gasteiger partial charge in [0.05, 0.1) is 0 Å². The van der Waals surface area contributed by atoms with Crippen molar-refractivity contribution in [3.05, 3.63) is 0 Å². The van der Waals surface area contributed by atoms with E-state index in [9.17, 15) is 0 Å². The van der Waals surface area contributed by atoms with Gasteiger partial charge in [-0.25, -0.2) is 0 Å². The second-order valence-electron chi connectivity index (χ2n) is 0.448. The Bertz CT molecular complexity index is 97.7. The maximum atomic E-state index is 8.74. The predicted octanol–water partition coefficient (Wildman–Crippen LogP) is -4.67. The van der Waals surface area contributed by atoms with Crippen LogP contribution in [0.15, 0.2) is 0 Å². The molecule has 0 unspecified atom stereocenters. The second kappa shape index (κ2) is 22.5. The molecule has 0 aromatic carbocycles. The first-order valence-electron chi connectivity index (χ1n) is 0.698. The molecule has 83 valence electrons. The van der Waals surface area contributed by atoms with E-state index < -0.39 is 10.4 Å². The Balaban J connectivity index is -0.00000000381. The van der Waals surface area contributed by atoms with E-state index in [4.69, 9.17) is 17.5 Å². The molecule has 11 heavy (non-hydrogen) atoms. The monoisotopic (exact) mass is 252 g/mol. The van der Waals surface area contributed by atoms with Crippen LogP contribution in [0.3, 0.4) is 0 Å². The van der Waals surface area contributed by atoms with Crippen molar-refractivity contribution in [2.45, 2.75) is 0 Å². The van der Waals surface area contributed by atoms with Crippen LogP contribution >= 0.6 is 0 Å². The van der Waals surface area contributed by atoms with E-state index in [0.29, 0.717) is 0 Å². The Hall–Kier alpha value is 0.189. The maximum Gasteiger partial charge on any atom is 1.00 e. The Kier molecular flexibility index (Phi) is 135. The molecule has 0 rings (SSSR count). The zero-order valence-corrected chi connectivity index (χ0v) is 6.68. The van der Waals surface area contributed by atoms with Crippen molar-refractivity contribution in [2.24, 2.45) is 0 Å². The SMILES string of the molecule is O.O.O.O.O.O=S(=O)(O)O.[Cu].[H+]. The quantitative estimate of drug-likeness (QED) is 0.319. The van der Waals surface area contributed by atoms with E-state index >= 15 is 0 Å². The first-order chi connectivity index (χ1) is 2.00. The summed E-state index contributed by atoms with van der Waals surface area (Å²) in [4.78, 5) is 0. The molecule has 0 aliphatic heterocycles. The van der Waals surface area contributed by atoms with Crippen molar-refractivity contribution in [3.63, 3.8) is 0 Å². The van der Waals surface area contributed by atoms with Gasteiger partial charge in [0.2, 0.25) is 0 Å². The van der Waals surface area contributed by atoms with Crippen molar-refractivity contribution in [2.75, 3.05) is 0 Å². The minimum atomic E-state index is -4.67. The molecule has 12 N–H and O–H groups in total. The molecule has 1 radical (unpaired) electrons. The van der Waals surface area contributed by atoms with Crippen LogP contribution in [0.5, 0.6) is 0 Å². The van der Waals surface area contributed by atoms with Gasteiger partial charge < -0.3 is 27.4 Å². The van der Waals surface area contributed by atoms with E-state index in [2.05, 4.69) is 0 Å². The van der Waals surface area contributed by atoms with Crippen LogP contribution in [0, 0.1) is 0 Å². The summed E-state index contributed by atoms with van der Waals surface area (Å²) in [6.07, 6.45) is 0. The van der Waals surface area contributed by atoms with Gasteiger partial charge in [-0.3, -0.25) is 9.11 Å². The van der Waals surface area contributed by atoms with Gasteiger partial charge in [0.1, 0.15) is 0 Å². The summed E-state index contributed by atoms with van der Waals surface area (Å²) < 4.78 is 31.6. The largest absolute Gasteiger partial charge is 1.00 e. The molecule has 0 saturated carbocycles. The zero-order valence-electron chi connectivity index (χ0n) is 5.92. The molecule has 0 aliphatic carbocycles. The second-order valence-corrected chi connectivity index (χ2v) is 1.34. The van der Waals surface area contributed by atoms with Crippen LogP contribution in [-0.4, -0.2) is 44.9 Å². The minimum Gasteiger partial charge on any atom is -0.412 e. The molecule has 0 aliphatic rings. The number of rotatable bonds is 0. The Morgan fingerprint density at radius 1 is 0.818 bits per heavy atom. The number of hydrogen-bond donors (Lipinski definition) is 2. The van der Waals surface area contributed by atoms with Crippen LogP contribution in [0.4, 0.5) is 0 Å². The molecular weight excluding hydrogens is 240 g/mol. The maximum absolute atomic E-state index is 8.74. The fourth-order valence-electron chi connectivity index (χ4n) is 0. The van der Waals surface area contributed by atoms with E-state index in [1.54, 1.807) is 0 Å². The summed E-state index contributed by atoms with van der Waals surface area (Å²) in [5, 5.41) is 0. The van der Waals surface area contributed by atoms with Crippen molar-refractivity contribution in [3.8, 4) is 0 Å². The Morgan fingerprint density at radius 2 is 0.818 bits per heavy atom. The van der Waals surface area contributed by atoms with E-state index in [1.807, 2.05) is 0 Å². The standard InChI is InChI=1S/Cu.H2O4S.5H2O/c;1-5(2,3)4;;;;;/h;(H2,1,2,3,4);5*1H2/p+1. The normalized spacial score (nSPS) is 5.27. The molecule has 0 heterocycles. The summed E-state index contributed by atoms with van der Waals surface area (Å²) in [5.41, 5.74) is 0. The summed E-state index contributed by atoms with van der Waals surface area (Å²) in [5.74, 6) is 0. The third kappa shape index (κ3) is 19000. The van der Waals surface area contributed by atoms with Crippen LogP contribution in [0.2, 0.25) is 0 Å². The van der Waals surface area contributed by atoms with Crippen LogP contribution in [0.25, 0.3) is 0 Å². The van der Waals surface area contributed by atoms with E-state index in [-0.39, 0.29) is 45.9 Å². The minimum absolute atomic E-state index is 0. The first kappa shape index (κ1) is 66.2. The van der Waals surface area contributed by atoms with Gasteiger partial charge in [0, 0.05) is 17.1 Å². The van der Waals surface area contributed by atoms with E-state index in [0.717, 1.165) is 0 Å². The predicted molar refractivity (Wildman–Crippen MR) is 33.4 cm³/mol. The molecule has 9 nitrogen and oxygen atoms in total. The molecule has 0 spiro atoms. The van der Waals surface area contributed by atoms with Crippen LogP contribution < -0.4 is 0 Å². The van der Waals surface area contributed by atoms with Gasteiger partial charge in [0.25, 0.3) is 0 Å². The van der Waals surface area contributed by atoms with Crippen molar-refractivity contribution in [1.82, 2.24) is 0 Å². The van der Waals surface area contributed by atoms with Gasteiger partial charge >= 0.3 is 11.8 Å². The molecule has 0 saturated heterocycles. The van der Waals surface area contributed by atoms with Crippen molar-refractivity contribution >= 4 is 10.4 Å². The van der Waals surface area contributed by atoms with Gasteiger partial charge in [-0.2, -0.15) is 8.42 Å². The Labute approximate surface area is 74.5 Å². The summed E-state index contributed by atoms with van der Waals surface area (Å²) in [6, 6.07) is 0. The number of hydrogen-bond acceptors (Lipinski definition) is 2. The third-order valence-corrected chi connectivity index (χ3v) is 0. The van der Waals surface area contributed by atoms with Crippen molar-refractivity contribution < 1.29 is 63.4 Å². The molecule has 11 heteroatoms. The van der Waals surface area contributed by atoms with Crippen LogP contribution in [-0.2, 0) is 27.5 Å². The zero-order chi connectivity index (χ0) is 4.50. The fourth-order valence-corrected chi connectivity index (χ4v) is 0. The summed E-state index contributed by atoms with van der Waals surface area (Å²) in [7, 11) is -4.67. The van der Waals surface area contributed by atoms with Crippen molar-refractivity contribution in [1.29, 1.82) is 0 Å². The summed E-state index contributed by atoms with van der Waals surface area (Å²) >= 11 is 0. The topological polar surface area (TPSA) is 232 Å². The fraction of sp³-hybridized carbons (Fsp3) is 0. The molecule has 0 atom stereocenters. The average molecular weight is 253 g/mol. The smallest absolute Gasteiger partial charge is 0.412 e. The van der Waals surface area contributed by atoms with Crippen LogP contribution in [0.1, 0.15) is 1.43 Å². The Morgan fingerprint density at radius 3 is 0.818 bits per heavy atom. The molecule has 0 fully saturated rings. The van der Waals surface area contributed by atoms with E-state index in [1.165, 1.54) is 0 Å². The van der Waals surface area contributed by atoms with Gasteiger partial charge in [-0.05, 0) is 0 Å².